The molecular formula is C32H32IN3O4S. The Kier molecular flexibility index (Phi) is 8.11. The summed E-state index contributed by atoms with van der Waals surface area (Å²) in [4.78, 5) is 32.6. The summed E-state index contributed by atoms with van der Waals surface area (Å²) in [5.74, 6) is 0.208. The van der Waals surface area contributed by atoms with Crippen molar-refractivity contribution >= 4 is 46.0 Å². The molecule has 3 heterocycles. The molecule has 1 atom stereocenters. The molecule has 41 heavy (non-hydrogen) atoms. The third-order valence-electron chi connectivity index (χ3n) is 7.19. The molecule has 2 aromatic heterocycles. The summed E-state index contributed by atoms with van der Waals surface area (Å²) in [6.45, 7) is 11.6. The number of aromatic nitrogens is 2. The molecule has 0 fully saturated rings. The number of benzene rings is 2. The minimum atomic E-state index is -0.673. The van der Waals surface area contributed by atoms with E-state index in [0.717, 1.165) is 28.2 Å². The average Bonchev–Trinajstić information content (AvgIpc) is 3.38. The topological polar surface area (TPSA) is 74.8 Å². The first kappa shape index (κ1) is 29.1. The van der Waals surface area contributed by atoms with E-state index >= 15 is 0 Å². The highest BCUT2D eigenvalue weighted by molar-refractivity contribution is 14.1. The van der Waals surface area contributed by atoms with Gasteiger partial charge in [-0.3, -0.25) is 9.36 Å². The summed E-state index contributed by atoms with van der Waals surface area (Å²) in [5.41, 5.74) is 6.85. The molecule has 0 aliphatic carbocycles. The van der Waals surface area contributed by atoms with Gasteiger partial charge in [-0.25, -0.2) is 9.79 Å². The van der Waals surface area contributed by atoms with Crippen molar-refractivity contribution in [2.75, 3.05) is 7.11 Å². The molecule has 1 aliphatic heterocycles. The summed E-state index contributed by atoms with van der Waals surface area (Å²) >= 11 is 3.68. The van der Waals surface area contributed by atoms with Gasteiger partial charge in [-0.05, 0) is 117 Å². The Bertz CT molecular complexity index is 1880. The van der Waals surface area contributed by atoms with E-state index < -0.39 is 12.0 Å². The van der Waals surface area contributed by atoms with Gasteiger partial charge >= 0.3 is 5.97 Å². The molecule has 0 radical (unpaired) electrons. The number of thiazole rings is 1. The van der Waals surface area contributed by atoms with Crippen LogP contribution in [-0.2, 0) is 9.53 Å². The second-order valence-electron chi connectivity index (χ2n) is 10.4. The van der Waals surface area contributed by atoms with Crippen molar-refractivity contribution in [1.82, 2.24) is 9.13 Å². The molecule has 0 spiro atoms. The second kappa shape index (κ2) is 11.4. The minimum Gasteiger partial charge on any atom is -0.497 e. The molecule has 4 aromatic rings. The van der Waals surface area contributed by atoms with Gasteiger partial charge in [0.25, 0.3) is 5.56 Å². The number of halogens is 1. The van der Waals surface area contributed by atoms with Gasteiger partial charge in [-0.15, -0.1) is 0 Å². The molecular weight excluding hydrogens is 649 g/mol. The number of hydrogen-bond acceptors (Lipinski definition) is 6. The number of nitrogens with zero attached hydrogens (tertiary/aromatic N) is 3. The maximum absolute atomic E-state index is 14.1. The fraction of sp³-hybridized carbons (Fsp3) is 0.281. The fourth-order valence-corrected chi connectivity index (χ4v) is 6.69. The number of methoxy groups -OCH3 is 1. The molecule has 1 aliphatic rings. The Labute approximate surface area is 256 Å². The highest BCUT2D eigenvalue weighted by atomic mass is 127. The zero-order chi connectivity index (χ0) is 29.6. The summed E-state index contributed by atoms with van der Waals surface area (Å²) < 4.78 is 16.5. The average molecular weight is 682 g/mol. The predicted molar refractivity (Wildman–Crippen MR) is 171 cm³/mol. The van der Waals surface area contributed by atoms with E-state index in [1.54, 1.807) is 32.4 Å². The zero-order valence-electron chi connectivity index (χ0n) is 24.1. The van der Waals surface area contributed by atoms with Crippen molar-refractivity contribution < 1.29 is 14.3 Å². The molecule has 5 rings (SSSR count). The number of carbonyl (C=O) groups is 1. The summed E-state index contributed by atoms with van der Waals surface area (Å²) in [6.07, 6.45) is 1.62. The number of hydrogen-bond donors (Lipinski definition) is 0. The van der Waals surface area contributed by atoms with E-state index in [4.69, 9.17) is 14.5 Å². The Balaban J connectivity index is 1.68. The van der Waals surface area contributed by atoms with Crippen LogP contribution in [0.2, 0.25) is 0 Å². The van der Waals surface area contributed by atoms with Gasteiger partial charge in [-0.2, -0.15) is 0 Å². The van der Waals surface area contributed by atoms with Crippen LogP contribution in [-0.4, -0.2) is 28.3 Å². The molecule has 7 nitrogen and oxygen atoms in total. The molecule has 9 heteroatoms. The third kappa shape index (κ3) is 5.44. The lowest BCUT2D eigenvalue weighted by Crippen LogP contribution is -2.40. The van der Waals surface area contributed by atoms with Gasteiger partial charge in [0.2, 0.25) is 0 Å². The lowest BCUT2D eigenvalue weighted by atomic mass is 9.96. The Morgan fingerprint density at radius 2 is 1.78 bits per heavy atom. The van der Waals surface area contributed by atoms with Crippen molar-refractivity contribution in [2.24, 2.45) is 4.99 Å². The number of ether oxygens (including phenoxy) is 2. The SMILES string of the molecule is COc1ccc([C@H]2C(C(=O)OC(C)C)=C(C)N=c3s/c(=C\c4cc(C)n(-c5ccc(C)c(I)c5)c4C)c(=O)n32)cc1. The standard InChI is InChI=1S/C32H32IN3O4S/c1-17(2)40-31(38)28-20(5)34-32-36(29(28)22-9-12-25(39-7)13-10-22)30(37)27(41-32)15-23-14-19(4)35(21(23)6)24-11-8-18(3)26(33)16-24/h8-17,29H,1-7H3/b27-15-/t29-/m0/s1. The second-order valence-corrected chi connectivity index (χ2v) is 12.6. The normalized spacial score (nSPS) is 15.2. The van der Waals surface area contributed by atoms with E-state index in [1.807, 2.05) is 30.3 Å². The molecule has 0 saturated heterocycles. The van der Waals surface area contributed by atoms with Crippen LogP contribution in [0.4, 0.5) is 0 Å². The lowest BCUT2D eigenvalue weighted by Gasteiger charge is -2.25. The van der Waals surface area contributed by atoms with Crippen molar-refractivity contribution in [3.05, 3.63) is 111 Å². The Morgan fingerprint density at radius 3 is 2.41 bits per heavy atom. The van der Waals surface area contributed by atoms with Crippen molar-refractivity contribution in [3.8, 4) is 11.4 Å². The fourth-order valence-electron chi connectivity index (χ4n) is 5.15. The van der Waals surface area contributed by atoms with Crippen LogP contribution in [0.25, 0.3) is 11.8 Å². The van der Waals surface area contributed by atoms with Gasteiger partial charge in [0.15, 0.2) is 4.80 Å². The largest absolute Gasteiger partial charge is 0.497 e. The Morgan fingerprint density at radius 1 is 1.07 bits per heavy atom. The van der Waals surface area contributed by atoms with Gasteiger partial charge in [0.05, 0.1) is 35.1 Å². The molecule has 0 amide bonds. The maximum atomic E-state index is 14.1. The first-order valence-corrected chi connectivity index (χ1v) is 15.2. The molecule has 0 unspecified atom stereocenters. The van der Waals surface area contributed by atoms with E-state index in [9.17, 15) is 9.59 Å². The van der Waals surface area contributed by atoms with Gasteiger partial charge in [0, 0.05) is 20.6 Å². The minimum absolute atomic E-state index is 0.202. The highest BCUT2D eigenvalue weighted by Crippen LogP contribution is 2.32. The van der Waals surface area contributed by atoms with Crippen LogP contribution in [0.3, 0.4) is 0 Å². The number of allylic oxidation sites excluding steroid dienone is 1. The van der Waals surface area contributed by atoms with E-state index in [0.29, 0.717) is 26.4 Å². The van der Waals surface area contributed by atoms with Crippen LogP contribution >= 0.6 is 33.9 Å². The smallest absolute Gasteiger partial charge is 0.338 e. The molecule has 0 saturated carbocycles. The number of fused-ring (bicyclic) bond motifs is 1. The first-order chi connectivity index (χ1) is 19.5. The highest BCUT2D eigenvalue weighted by Gasteiger charge is 2.33. The van der Waals surface area contributed by atoms with Crippen molar-refractivity contribution in [2.45, 2.75) is 53.7 Å². The lowest BCUT2D eigenvalue weighted by molar-refractivity contribution is -0.143. The summed E-state index contributed by atoms with van der Waals surface area (Å²) in [7, 11) is 1.60. The first-order valence-electron chi connectivity index (χ1n) is 13.3. The number of aryl methyl sites for hydroxylation is 2. The van der Waals surface area contributed by atoms with Crippen molar-refractivity contribution in [3.63, 3.8) is 0 Å². The summed E-state index contributed by atoms with van der Waals surface area (Å²) in [6, 6.07) is 15.2. The van der Waals surface area contributed by atoms with E-state index in [2.05, 4.69) is 72.2 Å². The van der Waals surface area contributed by atoms with Crippen LogP contribution in [0, 0.1) is 24.3 Å². The zero-order valence-corrected chi connectivity index (χ0v) is 27.1. The monoisotopic (exact) mass is 681 g/mol. The number of carbonyl (C=O) groups excluding carboxylic acids is 1. The van der Waals surface area contributed by atoms with E-state index in [1.165, 1.54) is 20.5 Å². The molecule has 0 bridgehead atoms. The third-order valence-corrected chi connectivity index (χ3v) is 9.33. The number of rotatable bonds is 6. The summed E-state index contributed by atoms with van der Waals surface area (Å²) in [5, 5.41) is 0. The number of esters is 1. The molecule has 212 valence electrons. The van der Waals surface area contributed by atoms with Gasteiger partial charge in [0.1, 0.15) is 5.75 Å². The predicted octanol–water partition coefficient (Wildman–Crippen LogP) is 5.52. The molecule has 0 N–H and O–H groups in total. The maximum Gasteiger partial charge on any atom is 0.338 e. The van der Waals surface area contributed by atoms with Gasteiger partial charge in [-0.1, -0.05) is 29.5 Å². The quantitative estimate of drug-likeness (QED) is 0.199. The van der Waals surface area contributed by atoms with E-state index in [-0.39, 0.29) is 11.7 Å². The van der Waals surface area contributed by atoms with Crippen LogP contribution in [0.15, 0.2) is 69.6 Å². The van der Waals surface area contributed by atoms with Gasteiger partial charge < -0.3 is 14.0 Å². The van der Waals surface area contributed by atoms with Crippen LogP contribution < -0.4 is 19.6 Å². The van der Waals surface area contributed by atoms with Crippen molar-refractivity contribution in [1.29, 1.82) is 0 Å². The molecule has 2 aromatic carbocycles. The van der Waals surface area contributed by atoms with Crippen LogP contribution in [0.1, 0.15) is 54.9 Å². The Hall–Kier alpha value is -3.44. The van der Waals surface area contributed by atoms with Crippen LogP contribution in [0.5, 0.6) is 5.75 Å².